The van der Waals surface area contributed by atoms with Gasteiger partial charge in [0.25, 0.3) is 5.69 Å². The fourth-order valence-corrected chi connectivity index (χ4v) is 2.80. The number of ether oxygens (including phenoxy) is 1. The van der Waals surface area contributed by atoms with Gasteiger partial charge < -0.3 is 4.74 Å². The summed E-state index contributed by atoms with van der Waals surface area (Å²) in [4.78, 5) is 25.7. The van der Waals surface area contributed by atoms with Crippen molar-refractivity contribution in [1.29, 1.82) is 0 Å². The maximum Gasteiger partial charge on any atom is 0.307 e. The lowest BCUT2D eigenvalue weighted by Gasteiger charge is -2.03. The zero-order valence-corrected chi connectivity index (χ0v) is 15.9. The highest BCUT2D eigenvalue weighted by Crippen LogP contribution is 2.20. The van der Waals surface area contributed by atoms with Crippen LogP contribution in [0.15, 0.2) is 67.0 Å². The van der Waals surface area contributed by atoms with Gasteiger partial charge in [0.2, 0.25) is 0 Å². The lowest BCUT2D eigenvalue weighted by Crippen LogP contribution is -2.09. The summed E-state index contributed by atoms with van der Waals surface area (Å²) in [6.07, 6.45) is 3.61. The van der Waals surface area contributed by atoms with Crippen molar-refractivity contribution in [2.45, 2.75) is 19.9 Å². The van der Waals surface area contributed by atoms with Crippen LogP contribution in [0, 0.1) is 10.1 Å². The molecule has 4 aromatic rings. The van der Waals surface area contributed by atoms with Gasteiger partial charge in [-0.15, -0.1) is 0 Å². The van der Waals surface area contributed by atoms with Gasteiger partial charge in [0.1, 0.15) is 0 Å². The zero-order valence-electron chi connectivity index (χ0n) is 15.9. The number of aromatic nitrogens is 3. The third-order valence-electron chi connectivity index (χ3n) is 4.18. The van der Waals surface area contributed by atoms with Crippen molar-refractivity contribution < 1.29 is 14.5 Å². The highest BCUT2D eigenvalue weighted by Gasteiger charge is 2.11. The monoisotopic (exact) mass is 392 g/mol. The molecule has 2 aromatic carbocycles. The highest BCUT2D eigenvalue weighted by molar-refractivity contribution is 5.81. The first-order valence-electron chi connectivity index (χ1n) is 9.14. The lowest BCUT2D eigenvalue weighted by atomic mass is 10.2. The van der Waals surface area contributed by atoms with Crippen LogP contribution < -0.4 is 0 Å². The summed E-state index contributed by atoms with van der Waals surface area (Å²) in [7, 11) is 0. The van der Waals surface area contributed by atoms with E-state index in [2.05, 4.69) is 22.2 Å². The molecule has 0 spiro atoms. The van der Waals surface area contributed by atoms with Gasteiger partial charge in [0.05, 0.1) is 41.7 Å². The Labute approximate surface area is 166 Å². The number of nitrogens with zero attached hydrogens (tertiary/aromatic N) is 4. The molecule has 0 atom stereocenters. The van der Waals surface area contributed by atoms with Crippen LogP contribution in [0.4, 0.5) is 5.69 Å². The van der Waals surface area contributed by atoms with Gasteiger partial charge in [0.15, 0.2) is 0 Å². The van der Waals surface area contributed by atoms with Crippen molar-refractivity contribution in [2.24, 2.45) is 0 Å². The van der Waals surface area contributed by atoms with Gasteiger partial charge in [-0.05, 0) is 25.1 Å². The van der Waals surface area contributed by atoms with Crippen molar-refractivity contribution in [3.63, 3.8) is 0 Å². The second kappa shape index (κ2) is 9.41. The lowest BCUT2D eigenvalue weighted by molar-refractivity contribution is -0.384. The number of aryl methyl sites for hydroxylation is 1. The number of esters is 1. The first-order chi connectivity index (χ1) is 14.1. The van der Waals surface area contributed by atoms with Gasteiger partial charge in [-0.2, -0.15) is 5.10 Å². The number of nitro groups is 1. The summed E-state index contributed by atoms with van der Waals surface area (Å²) in [6.45, 7) is 2.41. The summed E-state index contributed by atoms with van der Waals surface area (Å²) in [5, 5.41) is 16.8. The zero-order chi connectivity index (χ0) is 20.6. The normalized spacial score (nSPS) is 10.4. The Balaban J connectivity index is 0.000000200. The molecule has 2 heterocycles. The van der Waals surface area contributed by atoms with E-state index in [9.17, 15) is 14.9 Å². The third kappa shape index (κ3) is 5.13. The molecule has 0 saturated carbocycles. The topological polar surface area (TPSA) is 100 Å². The van der Waals surface area contributed by atoms with Gasteiger partial charge in [-0.1, -0.05) is 24.3 Å². The van der Waals surface area contributed by atoms with E-state index < -0.39 is 4.92 Å². The number of nitro benzene ring substituents is 1. The number of carbonyl (C=O) groups excluding carboxylic acids is 1. The van der Waals surface area contributed by atoms with E-state index in [1.54, 1.807) is 23.9 Å². The Morgan fingerprint density at radius 3 is 2.69 bits per heavy atom. The molecule has 148 valence electrons. The first kappa shape index (κ1) is 19.9. The summed E-state index contributed by atoms with van der Waals surface area (Å²) in [6, 6.07) is 16.6. The number of hydrogen-bond acceptors (Lipinski definition) is 6. The van der Waals surface area contributed by atoms with E-state index >= 15 is 0 Å². The van der Waals surface area contributed by atoms with Gasteiger partial charge in [0, 0.05) is 29.1 Å². The van der Waals surface area contributed by atoms with Crippen LogP contribution in [0.5, 0.6) is 0 Å². The van der Waals surface area contributed by atoms with Crippen LogP contribution in [0.3, 0.4) is 0 Å². The average Bonchev–Trinajstić information content (AvgIpc) is 3.15. The number of rotatable bonds is 5. The minimum absolute atomic E-state index is 0.00499. The molecule has 0 fully saturated rings. The fourth-order valence-electron chi connectivity index (χ4n) is 2.80. The van der Waals surface area contributed by atoms with Gasteiger partial charge >= 0.3 is 5.97 Å². The first-order valence-corrected chi connectivity index (χ1v) is 9.14. The van der Waals surface area contributed by atoms with E-state index in [0.29, 0.717) is 18.7 Å². The molecule has 0 unspecified atom stereocenters. The molecular weight excluding hydrogens is 372 g/mol. The average molecular weight is 392 g/mol. The number of hydrogen-bond donors (Lipinski definition) is 0. The van der Waals surface area contributed by atoms with E-state index in [-0.39, 0.29) is 18.1 Å². The molecule has 8 heteroatoms. The Morgan fingerprint density at radius 2 is 1.93 bits per heavy atom. The minimum Gasteiger partial charge on any atom is -0.466 e. The Morgan fingerprint density at radius 1 is 1.14 bits per heavy atom. The molecule has 0 aliphatic rings. The summed E-state index contributed by atoms with van der Waals surface area (Å²) in [5.41, 5.74) is 1.70. The van der Waals surface area contributed by atoms with E-state index in [1.165, 1.54) is 17.5 Å². The number of non-ortho nitro benzene ring substituents is 1. The SMILES string of the molecule is CCOC(=O)CCn1ncc2ccc([N+](=O)[O-])cc21.c1ccc2ncccc2c1. The number of benzene rings is 2. The van der Waals surface area contributed by atoms with Crippen molar-refractivity contribution in [2.75, 3.05) is 6.61 Å². The molecule has 0 aliphatic carbocycles. The van der Waals surface area contributed by atoms with E-state index in [4.69, 9.17) is 4.74 Å². The summed E-state index contributed by atoms with van der Waals surface area (Å²) in [5.74, 6) is -0.309. The molecule has 0 saturated heterocycles. The van der Waals surface area contributed by atoms with Crippen molar-refractivity contribution in [1.82, 2.24) is 14.8 Å². The number of carbonyl (C=O) groups is 1. The summed E-state index contributed by atoms with van der Waals surface area (Å²) < 4.78 is 6.39. The molecule has 0 aliphatic heterocycles. The highest BCUT2D eigenvalue weighted by atomic mass is 16.6. The number of pyridine rings is 1. The summed E-state index contributed by atoms with van der Waals surface area (Å²) >= 11 is 0. The smallest absolute Gasteiger partial charge is 0.307 e. The van der Waals surface area contributed by atoms with Crippen LogP contribution >= 0.6 is 0 Å². The van der Waals surface area contributed by atoms with Crippen LogP contribution in [-0.4, -0.2) is 32.3 Å². The fraction of sp³-hybridized carbons (Fsp3) is 0.190. The number of para-hydroxylation sites is 1. The Hall–Kier alpha value is -3.81. The van der Waals surface area contributed by atoms with Crippen molar-refractivity contribution >= 4 is 33.5 Å². The maximum absolute atomic E-state index is 11.3. The van der Waals surface area contributed by atoms with Crippen LogP contribution in [0.25, 0.3) is 21.8 Å². The van der Waals surface area contributed by atoms with Crippen molar-refractivity contribution in [3.05, 3.63) is 77.1 Å². The van der Waals surface area contributed by atoms with E-state index in [0.717, 1.165) is 10.9 Å². The predicted molar refractivity (Wildman–Crippen MR) is 109 cm³/mol. The predicted octanol–water partition coefficient (Wildman–Crippen LogP) is 4.13. The molecule has 0 radical (unpaired) electrons. The van der Waals surface area contributed by atoms with Gasteiger partial charge in [-0.25, -0.2) is 0 Å². The molecule has 8 nitrogen and oxygen atoms in total. The third-order valence-corrected chi connectivity index (χ3v) is 4.18. The largest absolute Gasteiger partial charge is 0.466 e. The van der Waals surface area contributed by atoms with Crippen LogP contribution in [0.2, 0.25) is 0 Å². The molecule has 0 amide bonds. The van der Waals surface area contributed by atoms with Crippen molar-refractivity contribution in [3.8, 4) is 0 Å². The molecule has 0 bridgehead atoms. The molecule has 29 heavy (non-hydrogen) atoms. The van der Waals surface area contributed by atoms with Crippen LogP contribution in [0.1, 0.15) is 13.3 Å². The second-order valence-electron chi connectivity index (χ2n) is 6.12. The Bertz CT molecular complexity index is 1070. The van der Waals surface area contributed by atoms with E-state index in [1.807, 2.05) is 30.5 Å². The standard InChI is InChI=1S/C12H13N3O4.C9H7N/c1-2-19-12(16)5-6-14-11-7-10(15(17)18)4-3-9(11)8-13-14;1-2-6-9-8(4-1)5-3-7-10-9/h3-4,7-8H,2,5-6H2,1H3;1-7H. The molecule has 2 aromatic heterocycles. The minimum atomic E-state index is -0.456. The quantitative estimate of drug-likeness (QED) is 0.288. The number of fused-ring (bicyclic) bond motifs is 2. The molecular formula is C21H20N4O4. The molecule has 4 rings (SSSR count). The second-order valence-corrected chi connectivity index (χ2v) is 6.12. The molecule has 0 N–H and O–H groups in total. The Kier molecular flexibility index (Phi) is 6.47. The maximum atomic E-state index is 11.3. The van der Waals surface area contributed by atoms with Gasteiger partial charge in [-0.3, -0.25) is 24.6 Å². The van der Waals surface area contributed by atoms with Crippen LogP contribution in [-0.2, 0) is 16.1 Å².